The summed E-state index contributed by atoms with van der Waals surface area (Å²) in [6.07, 6.45) is 4.19. The summed E-state index contributed by atoms with van der Waals surface area (Å²) in [6, 6.07) is 3.25. The summed E-state index contributed by atoms with van der Waals surface area (Å²) < 4.78 is 7.11. The van der Waals surface area contributed by atoms with Crippen LogP contribution in [0.2, 0.25) is 0 Å². The fraction of sp³-hybridized carbons (Fsp3) is 0.467. The SMILES string of the molecule is Cn1ncc(N2CCOC(CCNc3nccc(N)n3)C2)cc1=O. The van der Waals surface area contributed by atoms with Crippen molar-refractivity contribution in [3.8, 4) is 0 Å². The summed E-state index contributed by atoms with van der Waals surface area (Å²) in [5.41, 5.74) is 6.34. The number of nitrogen functional groups attached to an aromatic ring is 1. The molecule has 128 valence electrons. The molecule has 3 rings (SSSR count). The highest BCUT2D eigenvalue weighted by Crippen LogP contribution is 2.16. The van der Waals surface area contributed by atoms with Gasteiger partial charge in [-0.15, -0.1) is 0 Å². The highest BCUT2D eigenvalue weighted by Gasteiger charge is 2.21. The maximum Gasteiger partial charge on any atom is 0.268 e. The van der Waals surface area contributed by atoms with Gasteiger partial charge in [0.15, 0.2) is 0 Å². The molecule has 0 aliphatic carbocycles. The lowest BCUT2D eigenvalue weighted by atomic mass is 10.2. The minimum atomic E-state index is -0.115. The lowest BCUT2D eigenvalue weighted by Gasteiger charge is -2.34. The van der Waals surface area contributed by atoms with Gasteiger partial charge in [-0.3, -0.25) is 4.79 Å². The molecule has 0 spiro atoms. The van der Waals surface area contributed by atoms with Gasteiger partial charge in [0.05, 0.1) is 24.6 Å². The van der Waals surface area contributed by atoms with Gasteiger partial charge in [0, 0.05) is 38.9 Å². The monoisotopic (exact) mass is 331 g/mol. The van der Waals surface area contributed by atoms with Crippen LogP contribution in [0.3, 0.4) is 0 Å². The van der Waals surface area contributed by atoms with E-state index in [4.69, 9.17) is 10.5 Å². The zero-order valence-electron chi connectivity index (χ0n) is 13.6. The van der Waals surface area contributed by atoms with Crippen LogP contribution in [-0.2, 0) is 11.8 Å². The van der Waals surface area contributed by atoms with Crippen molar-refractivity contribution >= 4 is 17.5 Å². The molecule has 9 heteroatoms. The molecule has 1 fully saturated rings. The van der Waals surface area contributed by atoms with Crippen LogP contribution in [-0.4, -0.2) is 52.1 Å². The Labute approximate surface area is 139 Å². The van der Waals surface area contributed by atoms with Gasteiger partial charge in [0.1, 0.15) is 5.82 Å². The number of hydrogen-bond donors (Lipinski definition) is 2. The Bertz CT molecular complexity index is 749. The Balaban J connectivity index is 1.53. The Morgan fingerprint density at radius 2 is 2.38 bits per heavy atom. The number of hydrogen-bond acceptors (Lipinski definition) is 8. The minimum absolute atomic E-state index is 0.0661. The molecule has 0 radical (unpaired) electrons. The second-order valence-electron chi connectivity index (χ2n) is 5.63. The fourth-order valence-corrected chi connectivity index (χ4v) is 2.56. The average Bonchev–Trinajstić information content (AvgIpc) is 2.58. The third-order valence-electron chi connectivity index (χ3n) is 3.88. The van der Waals surface area contributed by atoms with Crippen molar-refractivity contribution in [3.63, 3.8) is 0 Å². The number of nitrogens with zero attached hydrogens (tertiary/aromatic N) is 5. The van der Waals surface area contributed by atoms with Gasteiger partial charge >= 0.3 is 0 Å². The maximum atomic E-state index is 11.7. The van der Waals surface area contributed by atoms with Gasteiger partial charge in [-0.25, -0.2) is 9.67 Å². The Hall–Kier alpha value is -2.68. The van der Waals surface area contributed by atoms with Crippen molar-refractivity contribution in [3.05, 3.63) is 34.9 Å². The quantitative estimate of drug-likeness (QED) is 0.779. The van der Waals surface area contributed by atoms with E-state index in [1.807, 2.05) is 0 Å². The molecule has 2 aromatic heterocycles. The summed E-state index contributed by atoms with van der Waals surface area (Å²) in [7, 11) is 1.64. The van der Waals surface area contributed by atoms with Crippen molar-refractivity contribution in [1.29, 1.82) is 0 Å². The van der Waals surface area contributed by atoms with E-state index in [9.17, 15) is 4.79 Å². The lowest BCUT2D eigenvalue weighted by molar-refractivity contribution is 0.0374. The third-order valence-corrected chi connectivity index (χ3v) is 3.88. The molecule has 0 bridgehead atoms. The molecular weight excluding hydrogens is 310 g/mol. The first-order chi connectivity index (χ1) is 11.6. The van der Waals surface area contributed by atoms with Gasteiger partial charge in [0.2, 0.25) is 5.95 Å². The number of nitrogens with one attached hydrogen (secondary N) is 1. The predicted octanol–water partition coefficient (Wildman–Crippen LogP) is -0.140. The first-order valence-corrected chi connectivity index (χ1v) is 7.84. The normalized spacial score (nSPS) is 17.7. The van der Waals surface area contributed by atoms with Crippen LogP contribution in [0.5, 0.6) is 0 Å². The topological polar surface area (TPSA) is 111 Å². The number of morpholine rings is 1. The van der Waals surface area contributed by atoms with Crippen molar-refractivity contribution in [2.24, 2.45) is 7.05 Å². The van der Waals surface area contributed by atoms with Gasteiger partial charge < -0.3 is 20.7 Å². The van der Waals surface area contributed by atoms with E-state index in [0.717, 1.165) is 18.7 Å². The average molecular weight is 331 g/mol. The zero-order valence-corrected chi connectivity index (χ0v) is 13.6. The first kappa shape index (κ1) is 16.2. The largest absolute Gasteiger partial charge is 0.384 e. The molecule has 2 aromatic rings. The lowest BCUT2D eigenvalue weighted by Crippen LogP contribution is -2.43. The molecule has 3 N–H and O–H groups in total. The Morgan fingerprint density at radius 3 is 3.17 bits per heavy atom. The molecule has 0 amide bonds. The van der Waals surface area contributed by atoms with Crippen LogP contribution in [0.4, 0.5) is 17.5 Å². The van der Waals surface area contributed by atoms with Crippen molar-refractivity contribution in [2.75, 3.05) is 42.2 Å². The van der Waals surface area contributed by atoms with Gasteiger partial charge in [-0.1, -0.05) is 0 Å². The summed E-state index contributed by atoms with van der Waals surface area (Å²) in [6.45, 7) is 2.76. The van der Waals surface area contributed by atoms with Crippen LogP contribution in [0, 0.1) is 0 Å². The smallest absolute Gasteiger partial charge is 0.268 e. The highest BCUT2D eigenvalue weighted by molar-refractivity contribution is 5.43. The molecule has 24 heavy (non-hydrogen) atoms. The van der Waals surface area contributed by atoms with E-state index in [2.05, 4.69) is 25.3 Å². The molecule has 9 nitrogen and oxygen atoms in total. The highest BCUT2D eigenvalue weighted by atomic mass is 16.5. The molecular formula is C15H21N7O2. The summed E-state index contributed by atoms with van der Waals surface area (Å²) in [4.78, 5) is 22.1. The van der Waals surface area contributed by atoms with Crippen molar-refractivity contribution in [1.82, 2.24) is 19.7 Å². The van der Waals surface area contributed by atoms with Crippen LogP contribution in [0.1, 0.15) is 6.42 Å². The van der Waals surface area contributed by atoms with E-state index < -0.39 is 0 Å². The molecule has 1 aliphatic rings. The van der Waals surface area contributed by atoms with Crippen LogP contribution in [0.25, 0.3) is 0 Å². The van der Waals surface area contributed by atoms with Gasteiger partial charge in [0.25, 0.3) is 5.56 Å². The first-order valence-electron chi connectivity index (χ1n) is 7.84. The standard InChI is InChI=1S/C15H21N7O2/c1-21-14(23)8-11(9-19-21)22-6-7-24-12(10-22)2-4-17-15-18-5-3-13(16)20-15/h3,5,8-9,12H,2,4,6-7,10H2,1H3,(H3,16,17,18,20). The summed E-state index contributed by atoms with van der Waals surface area (Å²) in [5.74, 6) is 0.948. The number of rotatable bonds is 5. The predicted molar refractivity (Wildman–Crippen MR) is 91.0 cm³/mol. The van der Waals surface area contributed by atoms with E-state index in [-0.39, 0.29) is 11.7 Å². The van der Waals surface area contributed by atoms with E-state index in [1.54, 1.807) is 31.6 Å². The van der Waals surface area contributed by atoms with Crippen molar-refractivity contribution < 1.29 is 4.74 Å². The Morgan fingerprint density at radius 1 is 1.50 bits per heavy atom. The Kier molecular flexibility index (Phi) is 4.90. The van der Waals surface area contributed by atoms with Gasteiger partial charge in [-0.2, -0.15) is 10.1 Å². The molecule has 3 heterocycles. The number of anilines is 3. The fourth-order valence-electron chi connectivity index (χ4n) is 2.56. The summed E-state index contributed by atoms with van der Waals surface area (Å²) in [5, 5.41) is 7.21. The third kappa shape index (κ3) is 3.99. The second-order valence-corrected chi connectivity index (χ2v) is 5.63. The number of nitrogens with two attached hydrogens (primary N) is 1. The number of aromatic nitrogens is 4. The van der Waals surface area contributed by atoms with Crippen LogP contribution in [0.15, 0.2) is 29.3 Å². The second kappa shape index (κ2) is 7.26. The van der Waals surface area contributed by atoms with E-state index in [0.29, 0.717) is 31.5 Å². The maximum absolute atomic E-state index is 11.7. The van der Waals surface area contributed by atoms with E-state index in [1.165, 1.54) is 4.68 Å². The van der Waals surface area contributed by atoms with Crippen LogP contribution >= 0.6 is 0 Å². The van der Waals surface area contributed by atoms with Crippen LogP contribution < -0.4 is 21.5 Å². The molecule has 1 unspecified atom stereocenters. The molecule has 0 saturated carbocycles. The van der Waals surface area contributed by atoms with Crippen molar-refractivity contribution in [2.45, 2.75) is 12.5 Å². The molecule has 1 atom stereocenters. The number of ether oxygens (including phenoxy) is 1. The van der Waals surface area contributed by atoms with E-state index >= 15 is 0 Å². The molecule has 0 aromatic carbocycles. The summed E-state index contributed by atoms with van der Waals surface area (Å²) >= 11 is 0. The number of aryl methyl sites for hydroxylation is 1. The minimum Gasteiger partial charge on any atom is -0.384 e. The molecule has 1 saturated heterocycles. The van der Waals surface area contributed by atoms with Gasteiger partial charge in [-0.05, 0) is 12.5 Å². The molecule has 1 aliphatic heterocycles. The zero-order chi connectivity index (χ0) is 16.9.